The van der Waals surface area contributed by atoms with Crippen LogP contribution in [0.1, 0.15) is 46.1 Å². The van der Waals surface area contributed by atoms with Crippen molar-refractivity contribution in [2.45, 2.75) is 77.5 Å². The normalized spacial score (nSPS) is 20.1. The summed E-state index contributed by atoms with van der Waals surface area (Å²) in [5, 5.41) is 34.0. The Balaban J connectivity index is 2.02. The molecule has 2 amide bonds. The van der Waals surface area contributed by atoms with Crippen LogP contribution in [0.4, 0.5) is 0 Å². The first-order valence-corrected chi connectivity index (χ1v) is 14.3. The zero-order chi connectivity index (χ0) is 28.3. The van der Waals surface area contributed by atoms with Crippen LogP contribution in [-0.4, -0.2) is 94.3 Å². The predicted molar refractivity (Wildman–Crippen MR) is 149 cm³/mol. The molecule has 1 aromatic rings. The number of unbranched alkanes of at least 4 members (excludes halogenated alkanes) is 1. The van der Waals surface area contributed by atoms with E-state index >= 15 is 0 Å². The highest BCUT2D eigenvalue weighted by atomic mass is 32.2. The van der Waals surface area contributed by atoms with Crippen molar-refractivity contribution >= 4 is 23.6 Å². The Morgan fingerprint density at radius 2 is 1.89 bits per heavy atom. The fourth-order valence-corrected chi connectivity index (χ4v) is 4.80. The van der Waals surface area contributed by atoms with Gasteiger partial charge in [0, 0.05) is 31.7 Å². The summed E-state index contributed by atoms with van der Waals surface area (Å²) in [7, 11) is 1.23. The van der Waals surface area contributed by atoms with Crippen molar-refractivity contribution in [2.75, 3.05) is 31.8 Å². The van der Waals surface area contributed by atoms with E-state index in [1.165, 1.54) is 13.2 Å². The van der Waals surface area contributed by atoms with Gasteiger partial charge in [0.05, 0.1) is 6.61 Å². The fraction of sp³-hybridized carbons (Fsp3) is 0.643. The largest absolute Gasteiger partial charge is 0.494 e. The zero-order valence-corrected chi connectivity index (χ0v) is 23.9. The van der Waals surface area contributed by atoms with Gasteiger partial charge in [-0.2, -0.15) is 11.8 Å². The molecule has 1 fully saturated rings. The molecular weight excluding hydrogens is 508 g/mol. The molecule has 0 spiro atoms. The van der Waals surface area contributed by atoms with E-state index in [0.29, 0.717) is 25.4 Å². The second-order valence-electron chi connectivity index (χ2n) is 10.6. The first kappa shape index (κ1) is 32.1. The van der Waals surface area contributed by atoms with Crippen molar-refractivity contribution < 1.29 is 34.4 Å². The van der Waals surface area contributed by atoms with Crippen molar-refractivity contribution in [2.24, 2.45) is 5.41 Å². The Morgan fingerprint density at radius 1 is 1.21 bits per heavy atom. The molecule has 0 aromatic heterocycles. The predicted octanol–water partition coefficient (Wildman–Crippen LogP) is 2.13. The first-order valence-electron chi connectivity index (χ1n) is 13.1. The Morgan fingerprint density at radius 3 is 2.50 bits per heavy atom. The van der Waals surface area contributed by atoms with Gasteiger partial charge >= 0.3 is 0 Å². The van der Waals surface area contributed by atoms with Crippen molar-refractivity contribution in [1.82, 2.24) is 10.2 Å². The molecule has 9 nitrogen and oxygen atoms in total. The first-order chi connectivity index (χ1) is 18.0. The van der Waals surface area contributed by atoms with Crippen LogP contribution in [0.3, 0.4) is 0 Å². The third-order valence-electron chi connectivity index (χ3n) is 6.10. The highest BCUT2D eigenvalue weighted by Gasteiger charge is 2.38. The number of aliphatic hydroxyl groups excluding tert-OH is 3. The van der Waals surface area contributed by atoms with Crippen LogP contribution in [0.2, 0.25) is 0 Å². The number of carbonyl (C=O) groups is 2. The number of ether oxygens (including phenoxy) is 2. The second kappa shape index (κ2) is 15.5. The molecule has 4 N–H and O–H groups in total. The lowest BCUT2D eigenvalue weighted by molar-refractivity contribution is -0.151. The average Bonchev–Trinajstić information content (AvgIpc) is 3.04. The average molecular weight is 553 g/mol. The molecular formula is C28H44N2O7S. The zero-order valence-electron chi connectivity index (χ0n) is 23.1. The molecule has 1 aliphatic rings. The summed E-state index contributed by atoms with van der Waals surface area (Å²) < 4.78 is 10.9. The van der Waals surface area contributed by atoms with Crippen molar-refractivity contribution in [3.63, 3.8) is 0 Å². The molecule has 1 saturated heterocycles. The van der Waals surface area contributed by atoms with E-state index in [4.69, 9.17) is 9.47 Å². The molecule has 0 saturated carbocycles. The molecule has 214 valence electrons. The second-order valence-corrected chi connectivity index (χ2v) is 11.7. The Labute approximate surface area is 230 Å². The Kier molecular flexibility index (Phi) is 13.1. The summed E-state index contributed by atoms with van der Waals surface area (Å²) in [6.07, 6.45) is -1.10. The SMILES string of the molecule is CCCCOc1ccc(CN2CCSCC(NC(=O)[C@H](OC)[C@H](O)[C@@H](O)[C@H](O)/C=C/C(C)(C)C)C2=O)cc1. The molecule has 1 aliphatic heterocycles. The number of benzene rings is 1. The summed E-state index contributed by atoms with van der Waals surface area (Å²) in [6, 6.07) is 6.82. The van der Waals surface area contributed by atoms with E-state index in [1.807, 2.05) is 45.0 Å². The number of methoxy groups -OCH3 is 1. The third-order valence-corrected chi connectivity index (χ3v) is 7.14. The summed E-state index contributed by atoms with van der Waals surface area (Å²) >= 11 is 1.55. The number of aliphatic hydroxyl groups is 3. The molecule has 2 rings (SSSR count). The van der Waals surface area contributed by atoms with Gasteiger partial charge in [-0.25, -0.2) is 0 Å². The maximum atomic E-state index is 13.3. The molecule has 0 aliphatic carbocycles. The summed E-state index contributed by atoms with van der Waals surface area (Å²) in [6.45, 7) is 9.47. The Bertz CT molecular complexity index is 903. The third kappa shape index (κ3) is 10.2. The van der Waals surface area contributed by atoms with Crippen LogP contribution < -0.4 is 10.1 Å². The minimum atomic E-state index is -1.71. The van der Waals surface area contributed by atoms with E-state index in [1.54, 1.807) is 22.7 Å². The summed E-state index contributed by atoms with van der Waals surface area (Å²) in [4.78, 5) is 28.0. The number of hydrogen-bond acceptors (Lipinski definition) is 8. The van der Waals surface area contributed by atoms with Gasteiger partial charge in [-0.1, -0.05) is 58.4 Å². The molecule has 10 heteroatoms. The number of hydrogen-bond donors (Lipinski definition) is 4. The number of carbonyl (C=O) groups excluding carboxylic acids is 2. The van der Waals surface area contributed by atoms with Crippen LogP contribution >= 0.6 is 11.8 Å². The van der Waals surface area contributed by atoms with Crippen molar-refractivity contribution in [3.8, 4) is 5.75 Å². The number of rotatable bonds is 13. The van der Waals surface area contributed by atoms with E-state index in [9.17, 15) is 24.9 Å². The van der Waals surface area contributed by atoms with Gasteiger partial charge in [-0.05, 0) is 29.5 Å². The van der Waals surface area contributed by atoms with Gasteiger partial charge in [0.15, 0.2) is 6.10 Å². The minimum Gasteiger partial charge on any atom is -0.494 e. The molecule has 1 unspecified atom stereocenters. The quantitative estimate of drug-likeness (QED) is 0.216. The van der Waals surface area contributed by atoms with Crippen LogP contribution in [0.25, 0.3) is 0 Å². The fourth-order valence-electron chi connectivity index (χ4n) is 3.82. The number of thioether (sulfide) groups is 1. The van der Waals surface area contributed by atoms with E-state index < -0.39 is 36.4 Å². The summed E-state index contributed by atoms with van der Waals surface area (Å²) in [5.41, 5.74) is 0.709. The van der Waals surface area contributed by atoms with Crippen molar-refractivity contribution in [3.05, 3.63) is 42.0 Å². The number of nitrogens with one attached hydrogen (secondary N) is 1. The van der Waals surface area contributed by atoms with Gasteiger partial charge in [0.2, 0.25) is 5.91 Å². The Hall–Kier alpha value is -2.11. The van der Waals surface area contributed by atoms with Gasteiger partial charge in [0.1, 0.15) is 30.1 Å². The van der Waals surface area contributed by atoms with Crippen LogP contribution in [0, 0.1) is 5.41 Å². The molecule has 38 heavy (non-hydrogen) atoms. The van der Waals surface area contributed by atoms with E-state index in [2.05, 4.69) is 12.2 Å². The molecule has 0 radical (unpaired) electrons. The molecule has 1 heterocycles. The standard InChI is InChI=1S/C28H44N2O7S/c1-6-7-15-37-20-10-8-19(9-11-20)17-30-14-16-38-18-21(27(30)35)29-26(34)25(36-5)24(33)23(32)22(31)12-13-28(2,3)4/h8-13,21-25,31-33H,6-7,14-18H2,1-5H3,(H,29,34)/b13-12+/t21?,22-,23+,24-,25-/m1/s1. The van der Waals surface area contributed by atoms with Gasteiger partial charge < -0.3 is 35.0 Å². The lowest BCUT2D eigenvalue weighted by Crippen LogP contribution is -2.56. The van der Waals surface area contributed by atoms with Gasteiger partial charge in [-0.15, -0.1) is 0 Å². The van der Waals surface area contributed by atoms with Gasteiger partial charge in [0.25, 0.3) is 5.91 Å². The maximum Gasteiger partial charge on any atom is 0.252 e. The minimum absolute atomic E-state index is 0.232. The van der Waals surface area contributed by atoms with Crippen LogP contribution in [0.5, 0.6) is 5.75 Å². The summed E-state index contributed by atoms with van der Waals surface area (Å²) in [5.74, 6) is 0.912. The van der Waals surface area contributed by atoms with Crippen LogP contribution in [-0.2, 0) is 20.9 Å². The molecule has 5 atom stereocenters. The monoisotopic (exact) mass is 552 g/mol. The number of amides is 2. The topological polar surface area (TPSA) is 129 Å². The highest BCUT2D eigenvalue weighted by molar-refractivity contribution is 7.99. The van der Waals surface area contributed by atoms with E-state index in [-0.39, 0.29) is 11.3 Å². The lowest BCUT2D eigenvalue weighted by atomic mass is 9.94. The highest BCUT2D eigenvalue weighted by Crippen LogP contribution is 2.20. The number of nitrogens with zero attached hydrogens (tertiary/aromatic N) is 1. The maximum absolute atomic E-state index is 13.3. The van der Waals surface area contributed by atoms with Crippen molar-refractivity contribution in [1.29, 1.82) is 0 Å². The van der Waals surface area contributed by atoms with Crippen LogP contribution in [0.15, 0.2) is 36.4 Å². The molecule has 1 aromatic carbocycles. The number of allylic oxidation sites excluding steroid dienone is 1. The van der Waals surface area contributed by atoms with E-state index in [0.717, 1.165) is 29.9 Å². The smallest absolute Gasteiger partial charge is 0.252 e. The lowest BCUT2D eigenvalue weighted by Gasteiger charge is -2.29. The molecule has 0 bridgehead atoms. The van der Waals surface area contributed by atoms with Gasteiger partial charge in [-0.3, -0.25) is 9.59 Å².